The van der Waals surface area contributed by atoms with E-state index in [1.54, 1.807) is 23.9 Å². The number of carbonyl (C=O) groups is 1. The molecule has 188 valence electrons. The van der Waals surface area contributed by atoms with Crippen LogP contribution < -0.4 is 4.74 Å². The number of halogens is 2. The summed E-state index contributed by atoms with van der Waals surface area (Å²) in [6.45, 7) is 2.67. The maximum absolute atomic E-state index is 13.1. The Morgan fingerprint density at radius 2 is 2.11 bits per heavy atom. The van der Waals surface area contributed by atoms with E-state index in [2.05, 4.69) is 25.4 Å². The van der Waals surface area contributed by atoms with Crippen LogP contribution in [0.5, 0.6) is 5.75 Å². The third-order valence-electron chi connectivity index (χ3n) is 6.11. The van der Waals surface area contributed by atoms with Crippen LogP contribution in [0.4, 0.5) is 8.78 Å². The molecule has 35 heavy (non-hydrogen) atoms. The van der Waals surface area contributed by atoms with Gasteiger partial charge in [0.2, 0.25) is 11.8 Å². The number of ether oxygens (including phenoxy) is 1. The van der Waals surface area contributed by atoms with Gasteiger partial charge in [-0.05, 0) is 51.7 Å². The Bertz CT molecular complexity index is 1190. The Kier molecular flexibility index (Phi) is 7.08. The van der Waals surface area contributed by atoms with Crippen LogP contribution >= 0.6 is 0 Å². The van der Waals surface area contributed by atoms with Gasteiger partial charge in [0, 0.05) is 19.9 Å². The molecule has 0 aliphatic heterocycles. The quantitative estimate of drug-likeness (QED) is 0.476. The number of carboxylic acid groups (broad SMARTS) is 1. The van der Waals surface area contributed by atoms with Gasteiger partial charge in [-0.2, -0.15) is 4.98 Å². The Balaban J connectivity index is 1.47. The lowest BCUT2D eigenvalue weighted by molar-refractivity contribution is -0.143. The van der Waals surface area contributed by atoms with Gasteiger partial charge < -0.3 is 14.4 Å². The van der Waals surface area contributed by atoms with Crippen molar-refractivity contribution in [3.05, 3.63) is 35.2 Å². The van der Waals surface area contributed by atoms with E-state index in [1.165, 1.54) is 0 Å². The number of alkyl halides is 2. The lowest BCUT2D eigenvalue weighted by Gasteiger charge is -2.27. The molecule has 0 radical (unpaired) electrons. The van der Waals surface area contributed by atoms with Crippen LogP contribution in [0.25, 0.3) is 11.4 Å². The number of aryl methyl sites for hydroxylation is 3. The summed E-state index contributed by atoms with van der Waals surface area (Å²) >= 11 is 0. The van der Waals surface area contributed by atoms with Crippen molar-refractivity contribution in [3.63, 3.8) is 0 Å². The highest BCUT2D eigenvalue weighted by atomic mass is 19.3. The lowest BCUT2D eigenvalue weighted by atomic mass is 9.87. The molecular formula is C23H28F2N6O4. The summed E-state index contributed by atoms with van der Waals surface area (Å²) in [5, 5.41) is 21.5. The first-order valence-electron chi connectivity index (χ1n) is 11.5. The Labute approximate surface area is 200 Å². The number of aromatic nitrogens is 6. The molecule has 1 aliphatic rings. The molecule has 3 heterocycles. The summed E-state index contributed by atoms with van der Waals surface area (Å²) < 4.78 is 39.0. The van der Waals surface area contributed by atoms with Crippen molar-refractivity contribution in [2.45, 2.75) is 70.8 Å². The minimum Gasteiger partial charge on any atom is -0.489 e. The average molecular weight is 491 g/mol. The van der Waals surface area contributed by atoms with Crippen LogP contribution in [0.15, 0.2) is 16.7 Å². The normalized spacial score (nSPS) is 18.5. The summed E-state index contributed by atoms with van der Waals surface area (Å²) in [5.41, 5.74) is 2.46. The van der Waals surface area contributed by atoms with Crippen LogP contribution in [0.3, 0.4) is 0 Å². The Hall–Kier alpha value is -3.44. The first-order chi connectivity index (χ1) is 16.6. The fourth-order valence-corrected chi connectivity index (χ4v) is 4.17. The maximum atomic E-state index is 13.1. The second-order valence-corrected chi connectivity index (χ2v) is 9.08. The second kappa shape index (κ2) is 10.0. The molecular weight excluding hydrogens is 462 g/mol. The van der Waals surface area contributed by atoms with Gasteiger partial charge >= 0.3 is 5.97 Å². The number of hydrogen-bond donors (Lipinski definition) is 1. The number of nitrogens with zero attached hydrogens (tertiary/aromatic N) is 6. The highest BCUT2D eigenvalue weighted by Crippen LogP contribution is 2.31. The van der Waals surface area contributed by atoms with Crippen LogP contribution in [0, 0.1) is 12.8 Å². The highest BCUT2D eigenvalue weighted by molar-refractivity contribution is 5.70. The van der Waals surface area contributed by atoms with Gasteiger partial charge in [-0.3, -0.25) is 9.48 Å². The fraction of sp³-hybridized carbons (Fsp3) is 0.565. The zero-order valence-corrected chi connectivity index (χ0v) is 19.9. The Morgan fingerprint density at radius 3 is 2.83 bits per heavy atom. The van der Waals surface area contributed by atoms with Crippen LogP contribution in [-0.2, 0) is 24.7 Å². The molecule has 0 aromatic carbocycles. The highest BCUT2D eigenvalue weighted by Gasteiger charge is 2.29. The lowest BCUT2D eigenvalue weighted by Crippen LogP contribution is -2.29. The van der Waals surface area contributed by atoms with Crippen LogP contribution in [-0.4, -0.2) is 53.2 Å². The van der Waals surface area contributed by atoms with Crippen molar-refractivity contribution in [3.8, 4) is 17.1 Å². The van der Waals surface area contributed by atoms with Crippen molar-refractivity contribution in [2.24, 2.45) is 13.0 Å². The van der Waals surface area contributed by atoms with Crippen molar-refractivity contribution in [1.82, 2.24) is 30.1 Å². The van der Waals surface area contributed by atoms with Gasteiger partial charge in [0.25, 0.3) is 0 Å². The molecule has 2 atom stereocenters. The Morgan fingerprint density at radius 1 is 1.31 bits per heavy atom. The monoisotopic (exact) mass is 490 g/mol. The third-order valence-corrected chi connectivity index (χ3v) is 6.11. The first kappa shape index (κ1) is 24.7. The summed E-state index contributed by atoms with van der Waals surface area (Å²) in [5.74, 6) is -2.87. The predicted octanol–water partition coefficient (Wildman–Crippen LogP) is 3.77. The van der Waals surface area contributed by atoms with E-state index in [-0.39, 0.29) is 37.2 Å². The van der Waals surface area contributed by atoms with Gasteiger partial charge in [-0.1, -0.05) is 10.4 Å². The molecule has 3 aromatic rings. The average Bonchev–Trinajstić information content (AvgIpc) is 3.40. The molecule has 0 saturated heterocycles. The second-order valence-electron chi connectivity index (χ2n) is 9.08. The summed E-state index contributed by atoms with van der Waals surface area (Å²) in [7, 11) is 1.73. The summed E-state index contributed by atoms with van der Waals surface area (Å²) in [6, 6.07) is 3.58. The molecule has 0 amide bonds. The van der Waals surface area contributed by atoms with Crippen LogP contribution in [0.1, 0.15) is 62.1 Å². The zero-order valence-electron chi connectivity index (χ0n) is 19.9. The van der Waals surface area contributed by atoms with E-state index in [4.69, 9.17) is 9.26 Å². The fourth-order valence-electron chi connectivity index (χ4n) is 4.17. The van der Waals surface area contributed by atoms with Crippen LogP contribution in [0.2, 0.25) is 0 Å². The van der Waals surface area contributed by atoms with E-state index in [0.717, 1.165) is 19.8 Å². The van der Waals surface area contributed by atoms with Gasteiger partial charge in [0.05, 0.1) is 35.5 Å². The van der Waals surface area contributed by atoms with E-state index >= 15 is 0 Å². The van der Waals surface area contributed by atoms with E-state index < -0.39 is 11.9 Å². The van der Waals surface area contributed by atoms with Crippen molar-refractivity contribution in [2.75, 3.05) is 0 Å². The molecule has 1 aliphatic carbocycles. The number of hydrogen-bond acceptors (Lipinski definition) is 8. The minimum absolute atomic E-state index is 0.0105. The zero-order chi connectivity index (χ0) is 25.2. The third kappa shape index (κ3) is 6.17. The first-order valence-corrected chi connectivity index (χ1v) is 11.5. The molecule has 1 fully saturated rings. The topological polar surface area (TPSA) is 129 Å². The van der Waals surface area contributed by atoms with E-state index in [9.17, 15) is 18.7 Å². The standard InChI is InChI=1S/C23H28F2N6O4/c1-13-18(34-15-6-4-5-14(11-15)22(32)33)8-7-16(26-13)21-17(31(3)30-28-21)12-19-27-20(35-29-19)9-10-23(2,24)25/h7-8,14-15H,4-6,9-12H2,1-3H3,(H,32,33). The molecule has 0 spiro atoms. The number of aliphatic carboxylic acids is 1. The molecule has 12 heteroatoms. The molecule has 1 saturated carbocycles. The predicted molar refractivity (Wildman–Crippen MR) is 119 cm³/mol. The largest absolute Gasteiger partial charge is 0.489 e. The summed E-state index contributed by atoms with van der Waals surface area (Å²) in [6.07, 6.45) is 2.47. The molecule has 2 unspecified atom stereocenters. The number of pyridine rings is 1. The van der Waals surface area contributed by atoms with Crippen molar-refractivity contribution in [1.29, 1.82) is 0 Å². The van der Waals surface area contributed by atoms with Gasteiger partial charge in [-0.25, -0.2) is 13.8 Å². The van der Waals surface area contributed by atoms with E-state index in [1.807, 2.05) is 6.92 Å². The van der Waals surface area contributed by atoms with Crippen molar-refractivity contribution < 1.29 is 27.9 Å². The molecule has 10 nitrogen and oxygen atoms in total. The maximum Gasteiger partial charge on any atom is 0.306 e. The molecule has 4 rings (SSSR count). The SMILES string of the molecule is Cc1nc(-c2nnn(C)c2Cc2noc(CCC(C)(F)F)n2)ccc1OC1CCCC(C(=O)O)C1. The smallest absolute Gasteiger partial charge is 0.306 e. The molecule has 3 aromatic heterocycles. The van der Waals surface area contributed by atoms with Gasteiger partial charge in [0.1, 0.15) is 11.4 Å². The number of carboxylic acids is 1. The minimum atomic E-state index is -2.80. The van der Waals surface area contributed by atoms with Crippen molar-refractivity contribution >= 4 is 5.97 Å². The summed E-state index contributed by atoms with van der Waals surface area (Å²) in [4.78, 5) is 20.2. The molecule has 1 N–H and O–H groups in total. The van der Waals surface area contributed by atoms with Gasteiger partial charge in [-0.15, -0.1) is 5.10 Å². The number of rotatable bonds is 9. The van der Waals surface area contributed by atoms with E-state index in [0.29, 0.717) is 47.2 Å². The van der Waals surface area contributed by atoms with Gasteiger partial charge in [0.15, 0.2) is 5.82 Å². The molecule has 0 bridgehead atoms.